The SMILES string of the molecule is CCC(CNC(=O)NC(C)c1ccc(C)s1)C(=O)O. The molecule has 1 heterocycles. The summed E-state index contributed by atoms with van der Waals surface area (Å²) in [5.41, 5.74) is 0. The van der Waals surface area contributed by atoms with E-state index in [4.69, 9.17) is 5.11 Å². The molecule has 0 fully saturated rings. The fraction of sp³-hybridized carbons (Fsp3) is 0.538. The largest absolute Gasteiger partial charge is 0.481 e. The van der Waals surface area contributed by atoms with Crippen LogP contribution in [0.5, 0.6) is 0 Å². The zero-order valence-electron chi connectivity index (χ0n) is 11.4. The van der Waals surface area contributed by atoms with E-state index in [1.54, 1.807) is 18.3 Å². The molecule has 1 aromatic rings. The Hall–Kier alpha value is -1.56. The number of urea groups is 1. The van der Waals surface area contributed by atoms with Crippen LogP contribution in [0.3, 0.4) is 0 Å². The van der Waals surface area contributed by atoms with Crippen LogP contribution in [-0.2, 0) is 4.79 Å². The lowest BCUT2D eigenvalue weighted by atomic mass is 10.1. The lowest BCUT2D eigenvalue weighted by Crippen LogP contribution is -2.40. The molecule has 1 rings (SSSR count). The maximum Gasteiger partial charge on any atom is 0.315 e. The van der Waals surface area contributed by atoms with E-state index in [9.17, 15) is 9.59 Å². The maximum atomic E-state index is 11.7. The Labute approximate surface area is 117 Å². The molecule has 2 amide bonds. The number of aryl methyl sites for hydroxylation is 1. The molecule has 2 unspecified atom stereocenters. The van der Waals surface area contributed by atoms with Crippen LogP contribution in [0.2, 0.25) is 0 Å². The summed E-state index contributed by atoms with van der Waals surface area (Å²) in [5, 5.41) is 14.3. The van der Waals surface area contributed by atoms with Crippen LogP contribution in [0.25, 0.3) is 0 Å². The Morgan fingerprint density at radius 2 is 2.11 bits per heavy atom. The Balaban J connectivity index is 2.41. The third-order valence-electron chi connectivity index (χ3n) is 2.89. The van der Waals surface area contributed by atoms with E-state index in [1.807, 2.05) is 26.0 Å². The van der Waals surface area contributed by atoms with Gasteiger partial charge in [0.2, 0.25) is 0 Å². The second-order valence-corrected chi connectivity index (χ2v) is 5.79. The minimum atomic E-state index is -0.885. The van der Waals surface area contributed by atoms with Crippen molar-refractivity contribution in [3.05, 3.63) is 21.9 Å². The van der Waals surface area contributed by atoms with Crippen LogP contribution in [0.4, 0.5) is 4.79 Å². The number of nitrogens with one attached hydrogen (secondary N) is 2. The number of amides is 2. The summed E-state index contributed by atoms with van der Waals surface area (Å²) in [6.07, 6.45) is 0.495. The number of carbonyl (C=O) groups excluding carboxylic acids is 1. The first kappa shape index (κ1) is 15.5. The summed E-state index contributed by atoms with van der Waals surface area (Å²) in [7, 11) is 0. The number of carboxylic acid groups (broad SMARTS) is 1. The minimum absolute atomic E-state index is 0.0800. The van der Waals surface area contributed by atoms with Crippen molar-refractivity contribution in [2.75, 3.05) is 6.54 Å². The van der Waals surface area contributed by atoms with Gasteiger partial charge in [0.25, 0.3) is 0 Å². The van der Waals surface area contributed by atoms with Gasteiger partial charge in [0, 0.05) is 16.3 Å². The summed E-state index contributed by atoms with van der Waals surface area (Å²) in [6, 6.07) is 3.58. The van der Waals surface area contributed by atoms with Gasteiger partial charge in [0.05, 0.1) is 12.0 Å². The molecule has 6 heteroatoms. The Kier molecular flexibility index (Phi) is 5.82. The minimum Gasteiger partial charge on any atom is -0.481 e. The molecule has 0 aliphatic rings. The van der Waals surface area contributed by atoms with Gasteiger partial charge < -0.3 is 15.7 Å². The second-order valence-electron chi connectivity index (χ2n) is 4.47. The first-order chi connectivity index (χ1) is 8.93. The third kappa shape index (κ3) is 4.90. The number of rotatable bonds is 6. The fourth-order valence-corrected chi connectivity index (χ4v) is 2.51. The summed E-state index contributed by atoms with van der Waals surface area (Å²) in [6.45, 7) is 5.85. The Morgan fingerprint density at radius 3 is 2.58 bits per heavy atom. The van der Waals surface area contributed by atoms with E-state index >= 15 is 0 Å². The van der Waals surface area contributed by atoms with Gasteiger partial charge in [-0.2, -0.15) is 0 Å². The highest BCUT2D eigenvalue weighted by atomic mass is 32.1. The molecule has 106 valence electrons. The summed E-state index contributed by atoms with van der Waals surface area (Å²) >= 11 is 1.64. The van der Waals surface area contributed by atoms with E-state index in [0.29, 0.717) is 6.42 Å². The van der Waals surface area contributed by atoms with Crippen molar-refractivity contribution in [2.45, 2.75) is 33.2 Å². The first-order valence-electron chi connectivity index (χ1n) is 6.27. The van der Waals surface area contributed by atoms with Crippen molar-refractivity contribution in [2.24, 2.45) is 5.92 Å². The zero-order valence-corrected chi connectivity index (χ0v) is 12.2. The van der Waals surface area contributed by atoms with Crippen molar-refractivity contribution >= 4 is 23.3 Å². The van der Waals surface area contributed by atoms with E-state index in [-0.39, 0.29) is 18.6 Å². The molecule has 0 aromatic carbocycles. The van der Waals surface area contributed by atoms with E-state index in [2.05, 4.69) is 10.6 Å². The summed E-state index contributed by atoms with van der Waals surface area (Å²) < 4.78 is 0. The smallest absolute Gasteiger partial charge is 0.315 e. The van der Waals surface area contributed by atoms with Crippen molar-refractivity contribution < 1.29 is 14.7 Å². The predicted molar refractivity (Wildman–Crippen MR) is 75.4 cm³/mol. The normalized spacial score (nSPS) is 13.6. The van der Waals surface area contributed by atoms with Crippen molar-refractivity contribution in [1.82, 2.24) is 10.6 Å². The molecule has 0 saturated carbocycles. The van der Waals surface area contributed by atoms with Crippen LogP contribution in [0, 0.1) is 12.8 Å². The molecule has 2 atom stereocenters. The molecule has 0 saturated heterocycles. The number of aliphatic carboxylic acids is 1. The highest BCUT2D eigenvalue weighted by molar-refractivity contribution is 7.12. The van der Waals surface area contributed by atoms with Crippen LogP contribution >= 0.6 is 11.3 Å². The Morgan fingerprint density at radius 1 is 1.42 bits per heavy atom. The highest BCUT2D eigenvalue weighted by Crippen LogP contribution is 2.21. The topological polar surface area (TPSA) is 78.4 Å². The summed E-state index contributed by atoms with van der Waals surface area (Å²) in [5.74, 6) is -1.42. The predicted octanol–water partition coefficient (Wildman–Crippen LogP) is 2.53. The number of thiophene rings is 1. The molecule has 0 spiro atoms. The Bertz CT molecular complexity index is 445. The van der Waals surface area contributed by atoms with Crippen LogP contribution in [0.15, 0.2) is 12.1 Å². The molecule has 3 N–H and O–H groups in total. The summed E-state index contributed by atoms with van der Waals surface area (Å²) in [4.78, 5) is 24.8. The molecule has 0 aliphatic heterocycles. The van der Waals surface area contributed by atoms with E-state index in [0.717, 1.165) is 4.88 Å². The number of carbonyl (C=O) groups is 2. The number of hydrogen-bond acceptors (Lipinski definition) is 3. The molecule has 5 nitrogen and oxygen atoms in total. The monoisotopic (exact) mass is 284 g/mol. The van der Waals surface area contributed by atoms with Gasteiger partial charge in [-0.05, 0) is 32.4 Å². The van der Waals surface area contributed by atoms with Gasteiger partial charge in [0.1, 0.15) is 0 Å². The first-order valence-corrected chi connectivity index (χ1v) is 7.09. The molecule has 1 aromatic heterocycles. The van der Waals surface area contributed by atoms with Crippen LogP contribution in [0.1, 0.15) is 36.1 Å². The number of hydrogen-bond donors (Lipinski definition) is 3. The van der Waals surface area contributed by atoms with Gasteiger partial charge in [-0.3, -0.25) is 4.79 Å². The van der Waals surface area contributed by atoms with Gasteiger partial charge in [-0.25, -0.2) is 4.79 Å². The molecular formula is C13H20N2O3S. The van der Waals surface area contributed by atoms with Gasteiger partial charge in [-0.1, -0.05) is 6.92 Å². The van der Waals surface area contributed by atoms with Crippen LogP contribution in [-0.4, -0.2) is 23.7 Å². The van der Waals surface area contributed by atoms with Crippen molar-refractivity contribution in [1.29, 1.82) is 0 Å². The lowest BCUT2D eigenvalue weighted by Gasteiger charge is -2.15. The average Bonchev–Trinajstić information content (AvgIpc) is 2.76. The molecule has 0 bridgehead atoms. The van der Waals surface area contributed by atoms with Gasteiger partial charge >= 0.3 is 12.0 Å². The van der Waals surface area contributed by atoms with Gasteiger partial charge in [0.15, 0.2) is 0 Å². The van der Waals surface area contributed by atoms with E-state index < -0.39 is 11.9 Å². The molecule has 19 heavy (non-hydrogen) atoms. The second kappa shape index (κ2) is 7.13. The fourth-order valence-electron chi connectivity index (χ4n) is 1.63. The maximum absolute atomic E-state index is 11.7. The van der Waals surface area contributed by atoms with Gasteiger partial charge in [-0.15, -0.1) is 11.3 Å². The highest BCUT2D eigenvalue weighted by Gasteiger charge is 2.17. The standard InChI is InChI=1S/C13H20N2O3S/c1-4-10(12(16)17)7-14-13(18)15-9(3)11-6-5-8(2)19-11/h5-6,9-10H,4,7H2,1-3H3,(H,16,17)(H2,14,15,18). The van der Waals surface area contributed by atoms with Crippen LogP contribution < -0.4 is 10.6 Å². The third-order valence-corrected chi connectivity index (χ3v) is 4.07. The molecule has 0 aliphatic carbocycles. The molecular weight excluding hydrogens is 264 g/mol. The lowest BCUT2D eigenvalue weighted by molar-refractivity contribution is -0.141. The molecule has 0 radical (unpaired) electrons. The van der Waals surface area contributed by atoms with Crippen molar-refractivity contribution in [3.8, 4) is 0 Å². The quantitative estimate of drug-likeness (QED) is 0.751. The zero-order chi connectivity index (χ0) is 14.4. The average molecular weight is 284 g/mol. The van der Waals surface area contributed by atoms with Crippen molar-refractivity contribution in [3.63, 3.8) is 0 Å². The number of carboxylic acids is 1. The van der Waals surface area contributed by atoms with E-state index in [1.165, 1.54) is 4.88 Å².